The molecule has 0 saturated heterocycles. The zero-order valence-electron chi connectivity index (χ0n) is 13.2. The van der Waals surface area contributed by atoms with Gasteiger partial charge in [-0.25, -0.2) is 4.98 Å². The summed E-state index contributed by atoms with van der Waals surface area (Å²) in [5.74, 6) is 1.21. The van der Waals surface area contributed by atoms with E-state index in [9.17, 15) is 4.79 Å². The molecule has 0 bridgehead atoms. The van der Waals surface area contributed by atoms with Gasteiger partial charge in [0.05, 0.1) is 16.7 Å². The number of aliphatic imine (C=N–C) groups is 1. The molecule has 0 amide bonds. The molecule has 2 N–H and O–H groups in total. The maximum Gasteiger partial charge on any atom is 0.258 e. The SMILES string of the molecule is CC1(C)CN=C(SCc2nc3c(Br)cc(Br)cc3c(=O)[nH]2)NC1.Cl. The molecule has 24 heavy (non-hydrogen) atoms. The Balaban J connectivity index is 0.00000208. The van der Waals surface area contributed by atoms with E-state index in [-0.39, 0.29) is 23.4 Å². The largest absolute Gasteiger partial charge is 0.364 e. The van der Waals surface area contributed by atoms with Crippen molar-refractivity contribution >= 4 is 72.1 Å². The Kier molecular flexibility index (Phi) is 6.39. The monoisotopic (exact) mass is 494 g/mol. The minimum Gasteiger partial charge on any atom is -0.364 e. The maximum atomic E-state index is 12.2. The van der Waals surface area contributed by atoms with Crippen molar-refractivity contribution in [3.05, 3.63) is 37.3 Å². The van der Waals surface area contributed by atoms with Crippen LogP contribution in [0.2, 0.25) is 0 Å². The summed E-state index contributed by atoms with van der Waals surface area (Å²) < 4.78 is 1.64. The molecule has 0 saturated carbocycles. The standard InChI is InChI=1S/C15H16Br2N4OS.ClH/c1-15(2)6-18-14(19-7-15)23-5-11-20-12-9(13(22)21-11)3-8(16)4-10(12)17;/h3-4H,5-7H2,1-2H3,(H,18,19)(H,20,21,22);1H. The van der Waals surface area contributed by atoms with Gasteiger partial charge in [0.25, 0.3) is 5.56 Å². The first kappa shape index (κ1) is 19.8. The van der Waals surface area contributed by atoms with Crippen LogP contribution in [0.3, 0.4) is 0 Å². The fourth-order valence-corrected chi connectivity index (χ4v) is 4.28. The van der Waals surface area contributed by atoms with Crippen LogP contribution < -0.4 is 10.9 Å². The Labute approximate surface area is 167 Å². The van der Waals surface area contributed by atoms with E-state index in [1.165, 1.54) is 0 Å². The highest BCUT2D eigenvalue weighted by Crippen LogP contribution is 2.26. The van der Waals surface area contributed by atoms with Crippen LogP contribution in [-0.4, -0.2) is 28.2 Å². The molecule has 2 heterocycles. The Morgan fingerprint density at radius 3 is 2.75 bits per heavy atom. The molecular formula is C15H17Br2ClN4OS. The van der Waals surface area contributed by atoms with Gasteiger partial charge >= 0.3 is 0 Å². The molecule has 2 aromatic rings. The third-order valence-electron chi connectivity index (χ3n) is 3.49. The van der Waals surface area contributed by atoms with Crippen molar-refractivity contribution in [2.24, 2.45) is 10.4 Å². The lowest BCUT2D eigenvalue weighted by molar-refractivity contribution is 0.364. The van der Waals surface area contributed by atoms with Crippen molar-refractivity contribution in [1.29, 1.82) is 0 Å². The Hall–Kier alpha value is -0.570. The molecule has 3 rings (SSSR count). The molecule has 0 unspecified atom stereocenters. The lowest BCUT2D eigenvalue weighted by atomic mass is 9.93. The van der Waals surface area contributed by atoms with E-state index in [0.29, 0.717) is 22.5 Å². The maximum absolute atomic E-state index is 12.2. The second-order valence-electron chi connectivity index (χ2n) is 6.22. The van der Waals surface area contributed by atoms with Gasteiger partial charge in [0.1, 0.15) is 5.82 Å². The minimum atomic E-state index is -0.132. The number of thioether (sulfide) groups is 1. The van der Waals surface area contributed by atoms with Gasteiger partial charge in [-0.15, -0.1) is 12.4 Å². The van der Waals surface area contributed by atoms with E-state index in [2.05, 4.69) is 66.0 Å². The van der Waals surface area contributed by atoms with E-state index in [1.54, 1.807) is 17.8 Å². The van der Waals surface area contributed by atoms with E-state index < -0.39 is 0 Å². The summed E-state index contributed by atoms with van der Waals surface area (Å²) in [5, 5.41) is 4.80. The first-order chi connectivity index (χ1) is 10.8. The Morgan fingerprint density at radius 2 is 2.08 bits per heavy atom. The molecule has 0 fully saturated rings. The zero-order chi connectivity index (χ0) is 16.6. The number of aromatic nitrogens is 2. The summed E-state index contributed by atoms with van der Waals surface area (Å²) in [6.07, 6.45) is 0. The summed E-state index contributed by atoms with van der Waals surface area (Å²) in [5.41, 5.74) is 0.733. The summed E-state index contributed by atoms with van der Waals surface area (Å²) in [6, 6.07) is 3.66. The number of H-pyrrole nitrogens is 1. The molecule has 0 atom stereocenters. The van der Waals surface area contributed by atoms with Crippen molar-refractivity contribution in [2.75, 3.05) is 13.1 Å². The van der Waals surface area contributed by atoms with Crippen LogP contribution in [0, 0.1) is 5.41 Å². The van der Waals surface area contributed by atoms with Crippen LogP contribution in [0.4, 0.5) is 0 Å². The van der Waals surface area contributed by atoms with Crippen LogP contribution in [0.15, 0.2) is 30.9 Å². The predicted molar refractivity (Wildman–Crippen MR) is 110 cm³/mol. The average Bonchev–Trinajstić information content (AvgIpc) is 2.47. The molecule has 1 aliphatic heterocycles. The number of hydrogen-bond donors (Lipinski definition) is 2. The zero-order valence-corrected chi connectivity index (χ0v) is 18.0. The molecule has 1 aromatic heterocycles. The van der Waals surface area contributed by atoms with Crippen molar-refractivity contribution in [1.82, 2.24) is 15.3 Å². The third-order valence-corrected chi connectivity index (χ3v) is 5.52. The summed E-state index contributed by atoms with van der Waals surface area (Å²) >= 11 is 8.42. The quantitative estimate of drug-likeness (QED) is 0.657. The van der Waals surface area contributed by atoms with Gasteiger partial charge in [0, 0.05) is 27.4 Å². The van der Waals surface area contributed by atoms with Crippen molar-refractivity contribution in [2.45, 2.75) is 19.6 Å². The molecule has 5 nitrogen and oxygen atoms in total. The van der Waals surface area contributed by atoms with E-state index in [1.807, 2.05) is 6.07 Å². The molecule has 1 aromatic carbocycles. The molecule has 0 aliphatic carbocycles. The highest BCUT2D eigenvalue weighted by Gasteiger charge is 2.22. The predicted octanol–water partition coefficient (Wildman–Crippen LogP) is 4.09. The number of halogens is 3. The number of benzene rings is 1. The van der Waals surface area contributed by atoms with Gasteiger partial charge in [0.2, 0.25) is 0 Å². The number of rotatable bonds is 2. The van der Waals surface area contributed by atoms with Crippen LogP contribution in [0.25, 0.3) is 10.9 Å². The number of nitrogens with zero attached hydrogens (tertiary/aromatic N) is 2. The van der Waals surface area contributed by atoms with Crippen molar-refractivity contribution < 1.29 is 0 Å². The highest BCUT2D eigenvalue weighted by molar-refractivity contribution is 9.11. The summed E-state index contributed by atoms with van der Waals surface area (Å²) in [4.78, 5) is 24.2. The van der Waals surface area contributed by atoms with Gasteiger partial charge in [0.15, 0.2) is 5.17 Å². The third kappa shape index (κ3) is 4.53. The number of hydrogen-bond acceptors (Lipinski definition) is 5. The topological polar surface area (TPSA) is 70.1 Å². The number of fused-ring (bicyclic) bond motifs is 1. The molecule has 1 aliphatic rings. The van der Waals surface area contributed by atoms with Gasteiger partial charge in [-0.2, -0.15) is 0 Å². The van der Waals surface area contributed by atoms with Gasteiger partial charge < -0.3 is 10.3 Å². The van der Waals surface area contributed by atoms with Crippen LogP contribution in [0.5, 0.6) is 0 Å². The second-order valence-corrected chi connectivity index (χ2v) is 8.96. The first-order valence-electron chi connectivity index (χ1n) is 7.13. The highest BCUT2D eigenvalue weighted by atomic mass is 79.9. The molecule has 9 heteroatoms. The number of nitrogens with one attached hydrogen (secondary N) is 2. The van der Waals surface area contributed by atoms with Crippen LogP contribution in [-0.2, 0) is 5.75 Å². The molecule has 0 spiro atoms. The smallest absolute Gasteiger partial charge is 0.258 e. The molecule has 130 valence electrons. The van der Waals surface area contributed by atoms with E-state index >= 15 is 0 Å². The van der Waals surface area contributed by atoms with Crippen molar-refractivity contribution in [3.8, 4) is 0 Å². The van der Waals surface area contributed by atoms with Crippen LogP contribution in [0.1, 0.15) is 19.7 Å². The van der Waals surface area contributed by atoms with Crippen LogP contribution >= 0.6 is 56.0 Å². The second kappa shape index (κ2) is 7.76. The Bertz CT molecular complexity index is 853. The van der Waals surface area contributed by atoms with E-state index in [0.717, 1.165) is 27.2 Å². The molecular weight excluding hydrogens is 480 g/mol. The summed E-state index contributed by atoms with van der Waals surface area (Å²) in [7, 11) is 0. The Morgan fingerprint density at radius 1 is 1.33 bits per heavy atom. The lowest BCUT2D eigenvalue weighted by Crippen LogP contribution is -2.39. The first-order valence-corrected chi connectivity index (χ1v) is 9.70. The molecule has 0 radical (unpaired) electrons. The van der Waals surface area contributed by atoms with Gasteiger partial charge in [-0.1, -0.05) is 41.5 Å². The summed E-state index contributed by atoms with van der Waals surface area (Å²) in [6.45, 7) is 6.08. The van der Waals surface area contributed by atoms with Gasteiger partial charge in [-0.05, 0) is 28.1 Å². The fourth-order valence-electron chi connectivity index (χ4n) is 2.23. The van der Waals surface area contributed by atoms with Gasteiger partial charge in [-0.3, -0.25) is 9.79 Å². The normalized spacial score (nSPS) is 16.2. The number of amidine groups is 1. The fraction of sp³-hybridized carbons (Fsp3) is 0.400. The minimum absolute atomic E-state index is 0. The lowest BCUT2D eigenvalue weighted by Gasteiger charge is -2.28. The average molecular weight is 497 g/mol. The van der Waals surface area contributed by atoms with Crippen molar-refractivity contribution in [3.63, 3.8) is 0 Å². The number of aromatic amines is 1. The van der Waals surface area contributed by atoms with E-state index in [4.69, 9.17) is 0 Å².